The van der Waals surface area contributed by atoms with Crippen molar-refractivity contribution in [2.45, 2.75) is 45.6 Å². The molecule has 6 nitrogen and oxygen atoms in total. The maximum absolute atomic E-state index is 12.6. The van der Waals surface area contributed by atoms with Gasteiger partial charge in [-0.15, -0.1) is 0 Å². The smallest absolute Gasteiger partial charge is 0.251 e. The fourth-order valence-corrected chi connectivity index (χ4v) is 3.93. The third-order valence-electron chi connectivity index (χ3n) is 5.94. The first-order valence-electron chi connectivity index (χ1n) is 10.6. The summed E-state index contributed by atoms with van der Waals surface area (Å²) in [6.45, 7) is 8.46. The summed E-state index contributed by atoms with van der Waals surface area (Å²) in [6.07, 6.45) is 4.16. The molecule has 2 aliphatic rings. The average molecular weight is 388 g/mol. The van der Waals surface area contributed by atoms with E-state index in [1.165, 1.54) is 0 Å². The first-order chi connectivity index (χ1) is 13.6. The molecule has 2 fully saturated rings. The molecule has 0 bridgehead atoms. The molecule has 2 N–H and O–H groups in total. The number of hydrogen-bond donors (Lipinski definition) is 2. The summed E-state index contributed by atoms with van der Waals surface area (Å²) < 4.78 is 5.49. The van der Waals surface area contributed by atoms with E-state index in [0.29, 0.717) is 24.1 Å². The minimum atomic E-state index is -0.0655. The number of amides is 2. The van der Waals surface area contributed by atoms with E-state index in [-0.39, 0.29) is 17.7 Å². The molecule has 154 valence electrons. The molecule has 0 spiro atoms. The molecule has 28 heavy (non-hydrogen) atoms. The van der Waals surface area contributed by atoms with Crippen molar-refractivity contribution in [3.05, 3.63) is 29.8 Å². The van der Waals surface area contributed by atoms with Crippen LogP contribution in [0.25, 0.3) is 0 Å². The van der Waals surface area contributed by atoms with E-state index in [2.05, 4.69) is 29.4 Å². The van der Waals surface area contributed by atoms with Gasteiger partial charge in [0.25, 0.3) is 5.91 Å². The van der Waals surface area contributed by atoms with Crippen LogP contribution >= 0.6 is 0 Å². The van der Waals surface area contributed by atoms with Gasteiger partial charge in [0, 0.05) is 42.8 Å². The average Bonchev–Trinajstić information content (AvgIpc) is 3.57. The van der Waals surface area contributed by atoms with Gasteiger partial charge in [-0.1, -0.05) is 26.7 Å². The van der Waals surface area contributed by atoms with E-state index in [4.69, 9.17) is 4.74 Å². The zero-order valence-corrected chi connectivity index (χ0v) is 17.1. The van der Waals surface area contributed by atoms with Gasteiger partial charge in [-0.25, -0.2) is 0 Å². The fourth-order valence-electron chi connectivity index (χ4n) is 3.93. The van der Waals surface area contributed by atoms with Crippen molar-refractivity contribution in [1.82, 2.24) is 10.2 Å². The molecule has 1 aromatic rings. The van der Waals surface area contributed by atoms with Crippen molar-refractivity contribution < 1.29 is 14.3 Å². The Kier molecular flexibility index (Phi) is 7.45. The van der Waals surface area contributed by atoms with E-state index < -0.39 is 0 Å². The quantitative estimate of drug-likeness (QED) is 0.684. The summed E-state index contributed by atoms with van der Waals surface area (Å²) in [5.41, 5.74) is 1.37. The molecule has 6 heteroatoms. The minimum absolute atomic E-state index is 0.0655. The highest BCUT2D eigenvalue weighted by molar-refractivity contribution is 5.96. The Morgan fingerprint density at radius 1 is 1.11 bits per heavy atom. The maximum Gasteiger partial charge on any atom is 0.251 e. The topological polar surface area (TPSA) is 70.7 Å². The first-order valence-corrected chi connectivity index (χ1v) is 10.6. The van der Waals surface area contributed by atoms with Crippen molar-refractivity contribution in [3.63, 3.8) is 0 Å². The third-order valence-corrected chi connectivity index (χ3v) is 5.94. The normalized spacial score (nSPS) is 18.7. The molecular weight excluding hydrogens is 354 g/mol. The second-order valence-corrected chi connectivity index (χ2v) is 7.84. The molecule has 1 aliphatic heterocycles. The number of nitrogens with zero attached hydrogens (tertiary/aromatic N) is 1. The fraction of sp³-hybridized carbons (Fsp3) is 0.636. The van der Waals surface area contributed by atoms with Crippen LogP contribution in [0.4, 0.5) is 5.69 Å². The number of carbonyl (C=O) groups is 2. The third kappa shape index (κ3) is 5.55. The van der Waals surface area contributed by atoms with Crippen molar-refractivity contribution in [3.8, 4) is 0 Å². The number of ether oxygens (including phenoxy) is 1. The molecule has 3 rings (SSSR count). The number of benzene rings is 1. The van der Waals surface area contributed by atoms with Gasteiger partial charge in [0.05, 0.1) is 13.2 Å². The Labute approximate surface area is 168 Å². The molecule has 1 saturated carbocycles. The molecule has 1 unspecified atom stereocenters. The summed E-state index contributed by atoms with van der Waals surface area (Å²) in [7, 11) is 0. The van der Waals surface area contributed by atoms with Crippen LogP contribution in [0.2, 0.25) is 0 Å². The molecule has 1 atom stereocenters. The van der Waals surface area contributed by atoms with Gasteiger partial charge in [-0.3, -0.25) is 14.5 Å². The van der Waals surface area contributed by atoms with Crippen LogP contribution in [0.15, 0.2) is 24.3 Å². The molecule has 0 radical (unpaired) electrons. The maximum atomic E-state index is 12.6. The van der Waals surface area contributed by atoms with Crippen LogP contribution in [-0.2, 0) is 9.53 Å². The summed E-state index contributed by atoms with van der Waals surface area (Å²) in [6, 6.07) is 7.49. The van der Waals surface area contributed by atoms with Crippen molar-refractivity contribution >= 4 is 17.5 Å². The number of anilines is 1. The Morgan fingerprint density at radius 3 is 2.32 bits per heavy atom. The van der Waals surface area contributed by atoms with Gasteiger partial charge in [0.15, 0.2) is 0 Å². The number of nitrogens with one attached hydrogen (secondary N) is 2. The number of rotatable bonds is 9. The van der Waals surface area contributed by atoms with E-state index in [0.717, 1.165) is 57.7 Å². The summed E-state index contributed by atoms with van der Waals surface area (Å²) in [5.74, 6) is 0.739. The van der Waals surface area contributed by atoms with E-state index in [1.807, 2.05) is 0 Å². The lowest BCUT2D eigenvalue weighted by molar-refractivity contribution is -0.117. The SMILES string of the molecule is CCC(CC)C(CNC(=O)c1ccc(NC(=O)C2CC2)cc1)N1CCOCC1. The first kappa shape index (κ1) is 20.8. The molecule has 1 heterocycles. The van der Waals surface area contributed by atoms with Gasteiger partial charge < -0.3 is 15.4 Å². The number of carbonyl (C=O) groups excluding carboxylic acids is 2. The largest absolute Gasteiger partial charge is 0.379 e. The number of morpholine rings is 1. The monoisotopic (exact) mass is 387 g/mol. The van der Waals surface area contributed by atoms with Gasteiger partial charge in [0.1, 0.15) is 0 Å². The molecule has 1 aliphatic carbocycles. The molecule has 1 aromatic carbocycles. The molecule has 0 aromatic heterocycles. The van der Waals surface area contributed by atoms with Crippen LogP contribution in [0.3, 0.4) is 0 Å². The predicted octanol–water partition coefficient (Wildman–Crippen LogP) is 2.90. The lowest BCUT2D eigenvalue weighted by Crippen LogP contribution is -2.52. The van der Waals surface area contributed by atoms with Crippen molar-refractivity contribution in [1.29, 1.82) is 0 Å². The standard InChI is InChI=1S/C22H33N3O3/c1-3-16(4-2)20(25-11-13-28-14-12-25)15-23-21(26)17-7-9-19(10-8-17)24-22(27)18-5-6-18/h7-10,16,18,20H,3-6,11-15H2,1-2H3,(H,23,26)(H,24,27). The second kappa shape index (κ2) is 10.0. The highest BCUT2D eigenvalue weighted by Crippen LogP contribution is 2.30. The van der Waals surface area contributed by atoms with Gasteiger partial charge in [-0.2, -0.15) is 0 Å². The van der Waals surface area contributed by atoms with Crippen LogP contribution in [0, 0.1) is 11.8 Å². The summed E-state index contributed by atoms with van der Waals surface area (Å²) >= 11 is 0. The zero-order chi connectivity index (χ0) is 19.9. The summed E-state index contributed by atoms with van der Waals surface area (Å²) in [5, 5.41) is 6.03. The highest BCUT2D eigenvalue weighted by atomic mass is 16.5. The van der Waals surface area contributed by atoms with Crippen molar-refractivity contribution in [2.75, 3.05) is 38.2 Å². The Morgan fingerprint density at radius 2 is 1.75 bits per heavy atom. The highest BCUT2D eigenvalue weighted by Gasteiger charge is 2.30. The lowest BCUT2D eigenvalue weighted by Gasteiger charge is -2.38. The van der Waals surface area contributed by atoms with Crippen LogP contribution < -0.4 is 10.6 Å². The number of hydrogen-bond acceptors (Lipinski definition) is 4. The Hall–Kier alpha value is -1.92. The second-order valence-electron chi connectivity index (χ2n) is 7.84. The van der Waals surface area contributed by atoms with Crippen molar-refractivity contribution in [2.24, 2.45) is 11.8 Å². The van der Waals surface area contributed by atoms with E-state index in [9.17, 15) is 9.59 Å². The molecule has 1 saturated heterocycles. The lowest BCUT2D eigenvalue weighted by atomic mass is 9.92. The Bertz CT molecular complexity index is 647. The molecule has 2 amide bonds. The zero-order valence-electron chi connectivity index (χ0n) is 17.1. The van der Waals surface area contributed by atoms with Gasteiger partial charge >= 0.3 is 0 Å². The van der Waals surface area contributed by atoms with E-state index >= 15 is 0 Å². The Balaban J connectivity index is 1.56. The van der Waals surface area contributed by atoms with E-state index in [1.54, 1.807) is 24.3 Å². The van der Waals surface area contributed by atoms with Gasteiger partial charge in [0.2, 0.25) is 5.91 Å². The van der Waals surface area contributed by atoms with Gasteiger partial charge in [-0.05, 0) is 43.0 Å². The minimum Gasteiger partial charge on any atom is -0.379 e. The van der Waals surface area contributed by atoms with Crippen LogP contribution in [0.1, 0.15) is 49.9 Å². The van der Waals surface area contributed by atoms with Crippen LogP contribution in [0.5, 0.6) is 0 Å². The van der Waals surface area contributed by atoms with Crippen LogP contribution in [-0.4, -0.2) is 55.6 Å². The molecular formula is C22H33N3O3. The predicted molar refractivity (Wildman–Crippen MR) is 110 cm³/mol. The summed E-state index contributed by atoms with van der Waals surface area (Å²) in [4.78, 5) is 26.9.